The van der Waals surface area contributed by atoms with Crippen LogP contribution >= 0.6 is 11.3 Å². The number of aryl methyl sites for hydroxylation is 1. The van der Waals surface area contributed by atoms with Gasteiger partial charge in [0.25, 0.3) is 0 Å². The van der Waals surface area contributed by atoms with Crippen LogP contribution in [-0.4, -0.2) is 6.04 Å². The minimum absolute atomic E-state index is 0.149. The van der Waals surface area contributed by atoms with Gasteiger partial charge in [0.15, 0.2) is 0 Å². The first-order valence-corrected chi connectivity index (χ1v) is 6.96. The van der Waals surface area contributed by atoms with Crippen molar-refractivity contribution < 1.29 is 4.74 Å². The van der Waals surface area contributed by atoms with Crippen molar-refractivity contribution in [3.05, 3.63) is 51.7 Å². The molecule has 19 heavy (non-hydrogen) atoms. The predicted molar refractivity (Wildman–Crippen MR) is 77.2 cm³/mol. The smallest absolute Gasteiger partial charge is 0.148 e. The maximum Gasteiger partial charge on any atom is 0.148 e. The highest BCUT2D eigenvalue weighted by atomic mass is 32.1. The van der Waals surface area contributed by atoms with Crippen LogP contribution in [0.1, 0.15) is 29.0 Å². The number of rotatable bonds is 4. The van der Waals surface area contributed by atoms with Crippen molar-refractivity contribution >= 4 is 11.3 Å². The monoisotopic (exact) mass is 272 g/mol. The number of nitriles is 1. The SMILES string of the molecule is Cc1ccsc1C(Oc1ccccc1C#N)C(C)N. The van der Waals surface area contributed by atoms with E-state index in [-0.39, 0.29) is 12.1 Å². The number of ether oxygens (including phenoxy) is 1. The fourth-order valence-electron chi connectivity index (χ4n) is 1.87. The Balaban J connectivity index is 2.33. The van der Waals surface area contributed by atoms with Crippen molar-refractivity contribution in [1.82, 2.24) is 0 Å². The number of nitrogens with zero attached hydrogens (tertiary/aromatic N) is 1. The van der Waals surface area contributed by atoms with Gasteiger partial charge in [0, 0.05) is 10.9 Å². The molecular formula is C15H16N2OS. The second-order valence-electron chi connectivity index (χ2n) is 4.47. The van der Waals surface area contributed by atoms with Crippen LogP contribution < -0.4 is 10.5 Å². The van der Waals surface area contributed by atoms with Crippen LogP contribution in [0.4, 0.5) is 0 Å². The maximum absolute atomic E-state index is 9.10. The molecule has 1 aromatic heterocycles. The van der Waals surface area contributed by atoms with Gasteiger partial charge in [0.05, 0.1) is 5.56 Å². The Morgan fingerprint density at radius 1 is 1.32 bits per heavy atom. The van der Waals surface area contributed by atoms with E-state index in [2.05, 4.69) is 12.1 Å². The molecule has 0 aliphatic heterocycles. The van der Waals surface area contributed by atoms with Gasteiger partial charge in [-0.05, 0) is 43.0 Å². The van der Waals surface area contributed by atoms with Gasteiger partial charge in [-0.25, -0.2) is 0 Å². The number of benzene rings is 1. The fraction of sp³-hybridized carbons (Fsp3) is 0.267. The third-order valence-corrected chi connectivity index (χ3v) is 3.98. The van der Waals surface area contributed by atoms with E-state index < -0.39 is 0 Å². The number of nitrogens with two attached hydrogens (primary N) is 1. The van der Waals surface area contributed by atoms with Crippen molar-refractivity contribution in [1.29, 1.82) is 5.26 Å². The van der Waals surface area contributed by atoms with E-state index in [0.29, 0.717) is 11.3 Å². The van der Waals surface area contributed by atoms with E-state index in [1.807, 2.05) is 31.4 Å². The zero-order chi connectivity index (χ0) is 13.8. The van der Waals surface area contributed by atoms with Crippen LogP contribution in [0.5, 0.6) is 5.75 Å². The summed E-state index contributed by atoms with van der Waals surface area (Å²) >= 11 is 1.63. The molecule has 0 spiro atoms. The number of thiophene rings is 1. The highest BCUT2D eigenvalue weighted by Gasteiger charge is 2.22. The Kier molecular flexibility index (Phi) is 4.20. The molecule has 0 aliphatic carbocycles. The van der Waals surface area contributed by atoms with Gasteiger partial charge < -0.3 is 10.5 Å². The van der Waals surface area contributed by atoms with Crippen LogP contribution in [0.2, 0.25) is 0 Å². The Morgan fingerprint density at radius 3 is 2.63 bits per heavy atom. The summed E-state index contributed by atoms with van der Waals surface area (Å²) in [6.07, 6.45) is -0.227. The third kappa shape index (κ3) is 2.95. The first kappa shape index (κ1) is 13.6. The zero-order valence-corrected chi connectivity index (χ0v) is 11.8. The van der Waals surface area contributed by atoms with Gasteiger partial charge in [-0.3, -0.25) is 0 Å². The third-order valence-electron chi connectivity index (χ3n) is 2.90. The largest absolute Gasteiger partial charge is 0.482 e. The van der Waals surface area contributed by atoms with Gasteiger partial charge in [-0.15, -0.1) is 11.3 Å². The van der Waals surface area contributed by atoms with E-state index in [1.54, 1.807) is 23.5 Å². The quantitative estimate of drug-likeness (QED) is 0.928. The molecule has 2 unspecified atom stereocenters. The minimum atomic E-state index is -0.227. The van der Waals surface area contributed by atoms with Crippen molar-refractivity contribution in [2.45, 2.75) is 26.0 Å². The second kappa shape index (κ2) is 5.87. The predicted octanol–water partition coefficient (Wildman–Crippen LogP) is 3.40. The van der Waals surface area contributed by atoms with Crippen LogP contribution in [0.3, 0.4) is 0 Å². The van der Waals surface area contributed by atoms with Crippen molar-refractivity contribution in [2.24, 2.45) is 5.73 Å². The molecule has 2 N–H and O–H groups in total. The molecule has 98 valence electrons. The van der Waals surface area contributed by atoms with E-state index >= 15 is 0 Å². The van der Waals surface area contributed by atoms with Crippen LogP contribution in [0.15, 0.2) is 35.7 Å². The average Bonchev–Trinajstić information content (AvgIpc) is 2.82. The molecule has 0 fully saturated rings. The average molecular weight is 272 g/mol. The minimum Gasteiger partial charge on any atom is -0.482 e. The topological polar surface area (TPSA) is 59.0 Å². The normalized spacial score (nSPS) is 13.6. The summed E-state index contributed by atoms with van der Waals surface area (Å²) in [5.41, 5.74) is 7.73. The molecule has 3 nitrogen and oxygen atoms in total. The van der Waals surface area contributed by atoms with Gasteiger partial charge in [0.1, 0.15) is 17.9 Å². The number of hydrogen-bond acceptors (Lipinski definition) is 4. The number of para-hydroxylation sites is 1. The molecule has 0 saturated heterocycles. The number of hydrogen-bond donors (Lipinski definition) is 1. The summed E-state index contributed by atoms with van der Waals surface area (Å²) in [6.45, 7) is 3.96. The van der Waals surface area contributed by atoms with E-state index in [0.717, 1.165) is 4.88 Å². The Bertz CT molecular complexity index is 598. The molecule has 4 heteroatoms. The lowest BCUT2D eigenvalue weighted by atomic mass is 10.1. The summed E-state index contributed by atoms with van der Waals surface area (Å²) in [6, 6.07) is 11.3. The van der Waals surface area contributed by atoms with E-state index in [1.165, 1.54) is 5.56 Å². The van der Waals surface area contributed by atoms with Gasteiger partial charge in [0.2, 0.25) is 0 Å². The molecule has 2 rings (SSSR count). The van der Waals surface area contributed by atoms with Gasteiger partial charge >= 0.3 is 0 Å². The summed E-state index contributed by atoms with van der Waals surface area (Å²) in [5.74, 6) is 0.583. The first-order chi connectivity index (χ1) is 9.13. The Hall–Kier alpha value is -1.83. The maximum atomic E-state index is 9.10. The summed E-state index contributed by atoms with van der Waals surface area (Å²) < 4.78 is 5.99. The summed E-state index contributed by atoms with van der Waals surface area (Å²) in [7, 11) is 0. The molecule has 1 aromatic carbocycles. The Morgan fingerprint density at radius 2 is 2.05 bits per heavy atom. The molecule has 0 saturated carbocycles. The van der Waals surface area contributed by atoms with E-state index in [4.69, 9.17) is 15.7 Å². The van der Waals surface area contributed by atoms with Crippen molar-refractivity contribution in [3.8, 4) is 11.8 Å². The van der Waals surface area contributed by atoms with Crippen LogP contribution in [0.25, 0.3) is 0 Å². The highest BCUT2D eigenvalue weighted by molar-refractivity contribution is 7.10. The Labute approximate surface area is 117 Å². The molecule has 2 atom stereocenters. The van der Waals surface area contributed by atoms with Crippen LogP contribution in [-0.2, 0) is 0 Å². The molecule has 0 bridgehead atoms. The lowest BCUT2D eigenvalue weighted by Gasteiger charge is -2.23. The van der Waals surface area contributed by atoms with Gasteiger partial charge in [-0.1, -0.05) is 12.1 Å². The lowest BCUT2D eigenvalue weighted by molar-refractivity contribution is 0.183. The molecule has 1 heterocycles. The van der Waals surface area contributed by atoms with Crippen LogP contribution in [0, 0.1) is 18.3 Å². The molecule has 2 aromatic rings. The van der Waals surface area contributed by atoms with Crippen molar-refractivity contribution in [2.75, 3.05) is 0 Å². The first-order valence-electron chi connectivity index (χ1n) is 6.09. The fourth-order valence-corrected chi connectivity index (χ4v) is 2.94. The summed E-state index contributed by atoms with van der Waals surface area (Å²) in [5, 5.41) is 11.1. The molecule has 0 radical (unpaired) electrons. The molecule has 0 aliphatic rings. The summed E-state index contributed by atoms with van der Waals surface area (Å²) in [4.78, 5) is 1.11. The zero-order valence-electron chi connectivity index (χ0n) is 11.0. The lowest BCUT2D eigenvalue weighted by Crippen LogP contribution is -2.29. The highest BCUT2D eigenvalue weighted by Crippen LogP contribution is 2.31. The van der Waals surface area contributed by atoms with Gasteiger partial charge in [-0.2, -0.15) is 5.26 Å². The molecular weight excluding hydrogens is 256 g/mol. The van der Waals surface area contributed by atoms with Crippen molar-refractivity contribution in [3.63, 3.8) is 0 Å². The second-order valence-corrected chi connectivity index (χ2v) is 5.42. The standard InChI is InChI=1S/C15H16N2OS/c1-10-7-8-19-15(10)14(11(2)17)18-13-6-4-3-5-12(13)9-16/h3-8,11,14H,17H2,1-2H3. The molecule has 0 amide bonds. The van der Waals surface area contributed by atoms with E-state index in [9.17, 15) is 0 Å².